The second-order valence-corrected chi connectivity index (χ2v) is 6.76. The molecule has 1 aliphatic heterocycles. The molecule has 0 unspecified atom stereocenters. The summed E-state index contributed by atoms with van der Waals surface area (Å²) >= 11 is 0.978. The maximum absolute atomic E-state index is 12.5. The van der Waals surface area contributed by atoms with Crippen LogP contribution in [-0.4, -0.2) is 8.42 Å². The van der Waals surface area contributed by atoms with Gasteiger partial charge in [-0.1, -0.05) is 12.1 Å². The zero-order chi connectivity index (χ0) is 15.0. The second-order valence-electron chi connectivity index (χ2n) is 4.58. The monoisotopic (exact) mass is 320 g/mol. The van der Waals surface area contributed by atoms with Crippen LogP contribution in [0.25, 0.3) is 0 Å². The van der Waals surface area contributed by atoms with Gasteiger partial charge in [-0.15, -0.1) is 0 Å². The Bertz CT molecular complexity index is 900. The van der Waals surface area contributed by atoms with Crippen LogP contribution in [0.5, 0.6) is 0 Å². The maximum Gasteiger partial charge on any atom is 0.264 e. The minimum Gasteiger partial charge on any atom is -0.397 e. The molecule has 0 saturated carbocycles. The fourth-order valence-electron chi connectivity index (χ4n) is 1.96. The Morgan fingerprint density at radius 3 is 2.81 bits per heavy atom. The Morgan fingerprint density at radius 2 is 2.00 bits per heavy atom. The van der Waals surface area contributed by atoms with Gasteiger partial charge >= 0.3 is 0 Å². The second kappa shape index (κ2) is 4.97. The third kappa shape index (κ3) is 2.55. The molecule has 3 rings (SSSR count). The first-order valence-electron chi connectivity index (χ1n) is 6.07. The van der Waals surface area contributed by atoms with Crippen LogP contribution in [0.15, 0.2) is 50.0 Å². The highest BCUT2D eigenvalue weighted by Gasteiger charge is 2.23. The molecule has 3 N–H and O–H groups in total. The van der Waals surface area contributed by atoms with Gasteiger partial charge in [0.15, 0.2) is 0 Å². The van der Waals surface area contributed by atoms with Crippen LogP contribution in [0.3, 0.4) is 0 Å². The van der Waals surface area contributed by atoms with Crippen molar-refractivity contribution in [2.75, 3.05) is 10.5 Å². The van der Waals surface area contributed by atoms with Crippen LogP contribution in [0, 0.1) is 6.92 Å². The normalized spacial score (nSPS) is 12.8. The van der Waals surface area contributed by atoms with Crippen LogP contribution in [0.1, 0.15) is 5.56 Å². The van der Waals surface area contributed by atoms with Gasteiger partial charge in [0.25, 0.3) is 10.0 Å². The lowest BCUT2D eigenvalue weighted by Gasteiger charge is -2.12. The van der Waals surface area contributed by atoms with Crippen LogP contribution in [-0.2, 0) is 21.4 Å². The number of rotatable bonds is 3. The lowest BCUT2D eigenvalue weighted by molar-refractivity contribution is 0.601. The van der Waals surface area contributed by atoms with E-state index in [1.54, 1.807) is 24.3 Å². The van der Waals surface area contributed by atoms with Gasteiger partial charge in [0.2, 0.25) is 0 Å². The number of hydrogen-bond acceptors (Lipinski definition) is 5. The van der Waals surface area contributed by atoms with Crippen LogP contribution < -0.4 is 10.5 Å². The molecule has 0 amide bonds. The Hall–Kier alpha value is -2.19. The fraction of sp³-hybridized carbons (Fsp3) is 0.0769. The van der Waals surface area contributed by atoms with E-state index in [-0.39, 0.29) is 4.90 Å². The topological polar surface area (TPSA) is 96.9 Å². The van der Waals surface area contributed by atoms with E-state index in [0.717, 1.165) is 16.9 Å². The third-order valence-corrected chi connectivity index (χ3v) is 4.93. The molecule has 8 heteroatoms. The van der Waals surface area contributed by atoms with Gasteiger partial charge in [-0.05, 0) is 36.8 Å². The van der Waals surface area contributed by atoms with Crippen LogP contribution in [0.4, 0.5) is 22.7 Å². The Kier molecular flexibility index (Phi) is 3.26. The van der Waals surface area contributed by atoms with Gasteiger partial charge in [-0.2, -0.15) is 8.73 Å². The number of nitrogens with one attached hydrogen (secondary N) is 1. The van der Waals surface area contributed by atoms with Crippen molar-refractivity contribution in [3.63, 3.8) is 0 Å². The highest BCUT2D eigenvalue weighted by Crippen LogP contribution is 2.38. The first-order valence-corrected chi connectivity index (χ1v) is 8.29. The molecule has 2 aromatic rings. The largest absolute Gasteiger partial charge is 0.397 e. The number of nitrogens with zero attached hydrogens (tertiary/aromatic N) is 2. The van der Waals surface area contributed by atoms with E-state index < -0.39 is 10.0 Å². The van der Waals surface area contributed by atoms with Crippen molar-refractivity contribution < 1.29 is 8.42 Å². The first kappa shape index (κ1) is 13.8. The molecule has 0 fully saturated rings. The summed E-state index contributed by atoms with van der Waals surface area (Å²) < 4.78 is 35.7. The Morgan fingerprint density at radius 1 is 1.19 bits per heavy atom. The summed E-state index contributed by atoms with van der Waals surface area (Å²) in [4.78, 5) is 0.0923. The summed E-state index contributed by atoms with van der Waals surface area (Å²) in [5, 5.41) is 0. The number of aryl methyl sites for hydroxylation is 1. The number of sulfonamides is 1. The van der Waals surface area contributed by atoms with E-state index in [1.807, 2.05) is 13.0 Å². The smallest absolute Gasteiger partial charge is 0.264 e. The van der Waals surface area contributed by atoms with Gasteiger partial charge in [0.05, 0.1) is 22.7 Å². The van der Waals surface area contributed by atoms with Crippen molar-refractivity contribution >= 4 is 44.1 Å². The van der Waals surface area contributed by atoms with E-state index in [9.17, 15) is 8.42 Å². The van der Waals surface area contributed by atoms with E-state index >= 15 is 0 Å². The molecule has 1 heterocycles. The summed E-state index contributed by atoms with van der Waals surface area (Å²) in [5.74, 6) is 0. The molecule has 108 valence electrons. The highest BCUT2D eigenvalue weighted by atomic mass is 32.2. The van der Waals surface area contributed by atoms with Crippen molar-refractivity contribution in [1.29, 1.82) is 0 Å². The summed E-state index contributed by atoms with van der Waals surface area (Å²) in [7, 11) is -3.77. The number of anilines is 2. The van der Waals surface area contributed by atoms with Crippen molar-refractivity contribution in [3.05, 3.63) is 42.0 Å². The average molecular weight is 320 g/mol. The van der Waals surface area contributed by atoms with Crippen molar-refractivity contribution in [2.45, 2.75) is 11.8 Å². The Labute approximate surface area is 125 Å². The summed E-state index contributed by atoms with van der Waals surface area (Å²) in [6.45, 7) is 1.86. The Balaban J connectivity index is 2.05. The van der Waals surface area contributed by atoms with E-state index in [1.165, 1.54) is 6.07 Å². The lowest BCUT2D eigenvalue weighted by Crippen LogP contribution is -2.14. The van der Waals surface area contributed by atoms with Gasteiger partial charge in [0.1, 0.15) is 16.3 Å². The van der Waals surface area contributed by atoms with Gasteiger partial charge < -0.3 is 5.73 Å². The number of fused-ring (bicyclic) bond motifs is 1. The molecule has 6 nitrogen and oxygen atoms in total. The van der Waals surface area contributed by atoms with Crippen molar-refractivity contribution in [2.24, 2.45) is 8.73 Å². The first-order chi connectivity index (χ1) is 9.97. The molecule has 0 saturated heterocycles. The maximum atomic E-state index is 12.5. The van der Waals surface area contributed by atoms with E-state index in [4.69, 9.17) is 5.73 Å². The minimum atomic E-state index is -3.77. The summed E-state index contributed by atoms with van der Waals surface area (Å²) in [5.41, 5.74) is 8.37. The standard InChI is InChI=1S/C13H12N4O2S2/c1-8-5-6-9(14)11(7-8)17-21(18,19)12-4-2-3-10-13(12)16-20-15-10/h2-7,17H,14H2,1H3. The molecule has 2 aromatic carbocycles. The highest BCUT2D eigenvalue weighted by molar-refractivity contribution is 7.93. The number of nitrogen functional groups attached to an aromatic ring is 1. The quantitative estimate of drug-likeness (QED) is 0.726. The summed E-state index contributed by atoms with van der Waals surface area (Å²) in [6, 6.07) is 10.0. The molecular weight excluding hydrogens is 308 g/mol. The number of benzene rings is 2. The van der Waals surface area contributed by atoms with Crippen LogP contribution >= 0.6 is 0 Å². The molecule has 0 aliphatic carbocycles. The van der Waals surface area contributed by atoms with Crippen molar-refractivity contribution in [1.82, 2.24) is 0 Å². The molecular formula is C13H12N4O2S2. The van der Waals surface area contributed by atoms with Gasteiger partial charge in [-0.3, -0.25) is 4.72 Å². The minimum absolute atomic E-state index is 0.0923. The predicted octanol–water partition coefficient (Wildman–Crippen LogP) is 3.10. The molecule has 0 aromatic heterocycles. The lowest BCUT2D eigenvalue weighted by atomic mass is 10.2. The molecule has 0 radical (unpaired) electrons. The van der Waals surface area contributed by atoms with Gasteiger partial charge in [0, 0.05) is 0 Å². The molecule has 0 atom stereocenters. The third-order valence-electron chi connectivity index (χ3n) is 2.99. The zero-order valence-electron chi connectivity index (χ0n) is 11.1. The number of nitrogens with two attached hydrogens (primary N) is 1. The van der Waals surface area contributed by atoms with E-state index in [0.29, 0.717) is 22.7 Å². The average Bonchev–Trinajstić information content (AvgIpc) is 2.90. The van der Waals surface area contributed by atoms with Crippen LogP contribution in [0.2, 0.25) is 0 Å². The molecule has 1 aliphatic rings. The SMILES string of the molecule is Cc1ccc(N)c(NS(=O)(=O)c2cccc3c2N=S=N3)c1. The van der Waals surface area contributed by atoms with Gasteiger partial charge in [-0.25, -0.2) is 8.42 Å². The zero-order valence-corrected chi connectivity index (χ0v) is 12.7. The molecule has 0 bridgehead atoms. The number of hydrogen-bond donors (Lipinski definition) is 2. The summed E-state index contributed by atoms with van der Waals surface area (Å²) in [6.07, 6.45) is 0. The van der Waals surface area contributed by atoms with E-state index in [2.05, 4.69) is 13.4 Å². The van der Waals surface area contributed by atoms with Crippen molar-refractivity contribution in [3.8, 4) is 0 Å². The fourth-order valence-corrected chi connectivity index (χ4v) is 3.80. The predicted molar refractivity (Wildman–Crippen MR) is 84.4 cm³/mol. The molecule has 0 spiro atoms. The molecule has 21 heavy (non-hydrogen) atoms.